The lowest BCUT2D eigenvalue weighted by Crippen LogP contribution is -2.46. The zero-order valence-corrected chi connectivity index (χ0v) is 13.6. The van der Waals surface area contributed by atoms with Gasteiger partial charge in [0.05, 0.1) is 0 Å². The molecule has 0 bridgehead atoms. The van der Waals surface area contributed by atoms with Gasteiger partial charge >= 0.3 is 0 Å². The van der Waals surface area contributed by atoms with Gasteiger partial charge in [0.1, 0.15) is 12.0 Å². The standard InChI is InChI=1S/C15H19NO3S2/c1-21(18,19)15-12-20-9-7-16(15)11-14-5-2-4-13(10-14)6-3-8-17/h2,4-5,10,15,17H,7-9,11-12H2,1H3. The first-order valence-electron chi connectivity index (χ1n) is 6.70. The summed E-state index contributed by atoms with van der Waals surface area (Å²) in [7, 11) is -3.08. The van der Waals surface area contributed by atoms with Crippen LogP contribution >= 0.6 is 11.8 Å². The van der Waals surface area contributed by atoms with E-state index in [4.69, 9.17) is 5.11 Å². The molecule has 4 nitrogen and oxygen atoms in total. The molecule has 2 rings (SSSR count). The number of benzene rings is 1. The quantitative estimate of drug-likeness (QED) is 0.839. The second-order valence-corrected chi connectivity index (χ2v) is 8.34. The average Bonchev–Trinajstić information content (AvgIpc) is 2.45. The van der Waals surface area contributed by atoms with E-state index in [-0.39, 0.29) is 6.61 Å². The number of rotatable bonds is 3. The first-order valence-corrected chi connectivity index (χ1v) is 9.81. The van der Waals surface area contributed by atoms with Gasteiger partial charge in [-0.25, -0.2) is 8.42 Å². The fourth-order valence-corrected chi connectivity index (χ4v) is 5.26. The van der Waals surface area contributed by atoms with E-state index in [1.807, 2.05) is 29.2 Å². The number of thioether (sulfide) groups is 1. The minimum absolute atomic E-state index is 0.163. The normalized spacial score (nSPS) is 19.8. The summed E-state index contributed by atoms with van der Waals surface area (Å²) in [6, 6.07) is 7.71. The summed E-state index contributed by atoms with van der Waals surface area (Å²) in [4.78, 5) is 2.02. The largest absolute Gasteiger partial charge is 0.384 e. The Bertz CT molecular complexity index is 646. The second-order valence-electron chi connectivity index (χ2n) is 4.99. The number of aliphatic hydroxyl groups is 1. The van der Waals surface area contributed by atoms with Crippen LogP contribution in [0.15, 0.2) is 24.3 Å². The van der Waals surface area contributed by atoms with Crippen LogP contribution in [0.2, 0.25) is 0 Å². The summed E-state index contributed by atoms with van der Waals surface area (Å²) in [5.74, 6) is 7.08. The molecule has 21 heavy (non-hydrogen) atoms. The molecule has 0 aliphatic carbocycles. The van der Waals surface area contributed by atoms with E-state index in [1.165, 1.54) is 6.26 Å². The molecule has 1 saturated heterocycles. The summed E-state index contributed by atoms with van der Waals surface area (Å²) in [6.07, 6.45) is 1.31. The third kappa shape index (κ3) is 4.75. The highest BCUT2D eigenvalue weighted by Crippen LogP contribution is 2.22. The van der Waals surface area contributed by atoms with E-state index in [9.17, 15) is 8.42 Å². The molecule has 114 valence electrons. The Labute approximate surface area is 130 Å². The minimum atomic E-state index is -3.08. The van der Waals surface area contributed by atoms with Crippen LogP contribution in [0.4, 0.5) is 0 Å². The number of sulfone groups is 1. The maximum absolute atomic E-state index is 11.9. The lowest BCUT2D eigenvalue weighted by Gasteiger charge is -2.34. The van der Waals surface area contributed by atoms with E-state index < -0.39 is 15.2 Å². The Morgan fingerprint density at radius 1 is 1.48 bits per heavy atom. The zero-order chi connectivity index (χ0) is 15.3. The lowest BCUT2D eigenvalue weighted by molar-refractivity contribution is 0.262. The molecule has 1 aliphatic rings. The third-order valence-electron chi connectivity index (χ3n) is 3.31. The molecule has 1 aliphatic heterocycles. The molecule has 0 saturated carbocycles. The zero-order valence-electron chi connectivity index (χ0n) is 11.9. The van der Waals surface area contributed by atoms with Crippen molar-refractivity contribution >= 4 is 21.6 Å². The van der Waals surface area contributed by atoms with Crippen molar-refractivity contribution in [2.24, 2.45) is 0 Å². The van der Waals surface area contributed by atoms with Crippen LogP contribution in [0.1, 0.15) is 11.1 Å². The molecule has 6 heteroatoms. The van der Waals surface area contributed by atoms with E-state index >= 15 is 0 Å². The van der Waals surface area contributed by atoms with Crippen molar-refractivity contribution < 1.29 is 13.5 Å². The fraction of sp³-hybridized carbons (Fsp3) is 0.467. The van der Waals surface area contributed by atoms with Gasteiger partial charge < -0.3 is 5.11 Å². The molecule has 0 spiro atoms. The second kappa shape index (κ2) is 7.32. The Kier molecular flexibility index (Phi) is 5.71. The molecule has 1 N–H and O–H groups in total. The van der Waals surface area contributed by atoms with Crippen molar-refractivity contribution in [2.75, 3.05) is 30.9 Å². The van der Waals surface area contributed by atoms with Gasteiger partial charge in [0, 0.05) is 36.4 Å². The molecule has 1 heterocycles. The van der Waals surface area contributed by atoms with E-state index in [0.29, 0.717) is 12.3 Å². The summed E-state index contributed by atoms with van der Waals surface area (Å²) in [5.41, 5.74) is 1.88. The first-order chi connectivity index (χ1) is 10.0. The van der Waals surface area contributed by atoms with Gasteiger partial charge in [-0.1, -0.05) is 24.0 Å². The highest BCUT2D eigenvalue weighted by molar-refractivity contribution is 8.00. The highest BCUT2D eigenvalue weighted by atomic mass is 32.2. The summed E-state index contributed by atoms with van der Waals surface area (Å²) in [6.45, 7) is 1.21. The van der Waals surface area contributed by atoms with E-state index in [0.717, 1.165) is 23.4 Å². The number of aliphatic hydroxyl groups excluding tert-OH is 1. The van der Waals surface area contributed by atoms with Crippen LogP contribution in [0, 0.1) is 11.8 Å². The fourth-order valence-electron chi connectivity index (χ4n) is 2.31. The molecule has 1 aromatic rings. The van der Waals surface area contributed by atoms with Gasteiger partial charge in [0.2, 0.25) is 0 Å². The van der Waals surface area contributed by atoms with Crippen LogP contribution < -0.4 is 0 Å². The van der Waals surface area contributed by atoms with Gasteiger partial charge in [0.15, 0.2) is 9.84 Å². The first kappa shape index (κ1) is 16.4. The number of hydrogen-bond acceptors (Lipinski definition) is 5. The maximum Gasteiger partial charge on any atom is 0.164 e. The van der Waals surface area contributed by atoms with E-state index in [1.54, 1.807) is 11.8 Å². The molecule has 1 aromatic carbocycles. The maximum atomic E-state index is 11.9. The SMILES string of the molecule is CS(=O)(=O)C1CSCCN1Cc1cccc(C#CCO)c1. The predicted molar refractivity (Wildman–Crippen MR) is 86.8 cm³/mol. The molecular formula is C15H19NO3S2. The Balaban J connectivity index is 2.16. The van der Waals surface area contributed by atoms with Crippen LogP contribution in [0.25, 0.3) is 0 Å². The Hall–Kier alpha value is -1.00. The lowest BCUT2D eigenvalue weighted by atomic mass is 10.1. The van der Waals surface area contributed by atoms with E-state index in [2.05, 4.69) is 11.8 Å². The smallest absolute Gasteiger partial charge is 0.164 e. The Morgan fingerprint density at radius 3 is 3.00 bits per heavy atom. The van der Waals surface area contributed by atoms with Gasteiger partial charge in [-0.3, -0.25) is 4.90 Å². The third-order valence-corrected chi connectivity index (χ3v) is 6.00. The topological polar surface area (TPSA) is 57.6 Å². The number of nitrogens with zero attached hydrogens (tertiary/aromatic N) is 1. The van der Waals surface area contributed by atoms with Crippen molar-refractivity contribution in [3.63, 3.8) is 0 Å². The minimum Gasteiger partial charge on any atom is -0.384 e. The molecule has 1 unspecified atom stereocenters. The van der Waals surface area contributed by atoms with Crippen molar-refractivity contribution in [2.45, 2.75) is 11.9 Å². The average molecular weight is 325 g/mol. The summed E-state index contributed by atoms with van der Waals surface area (Å²) in [5, 5.41) is 8.32. The van der Waals surface area contributed by atoms with Gasteiger partial charge in [-0.05, 0) is 17.7 Å². The molecule has 0 amide bonds. The monoisotopic (exact) mass is 325 g/mol. The molecule has 0 radical (unpaired) electrons. The summed E-state index contributed by atoms with van der Waals surface area (Å²) < 4.78 is 23.8. The highest BCUT2D eigenvalue weighted by Gasteiger charge is 2.30. The van der Waals surface area contributed by atoms with Gasteiger partial charge in [-0.2, -0.15) is 11.8 Å². The molecular weight excluding hydrogens is 306 g/mol. The van der Waals surface area contributed by atoms with Crippen LogP contribution in [-0.4, -0.2) is 54.7 Å². The van der Waals surface area contributed by atoms with Crippen molar-refractivity contribution in [3.05, 3.63) is 35.4 Å². The molecule has 0 aromatic heterocycles. The van der Waals surface area contributed by atoms with Crippen LogP contribution in [0.5, 0.6) is 0 Å². The Morgan fingerprint density at radius 2 is 2.29 bits per heavy atom. The van der Waals surface area contributed by atoms with Gasteiger partial charge in [-0.15, -0.1) is 0 Å². The van der Waals surface area contributed by atoms with Crippen molar-refractivity contribution in [1.82, 2.24) is 4.90 Å². The predicted octanol–water partition coefficient (Wildman–Crippen LogP) is 0.950. The molecule has 1 fully saturated rings. The summed E-state index contributed by atoms with van der Waals surface area (Å²) >= 11 is 1.69. The molecule has 1 atom stereocenters. The van der Waals surface area contributed by atoms with Crippen LogP contribution in [0.3, 0.4) is 0 Å². The van der Waals surface area contributed by atoms with Crippen molar-refractivity contribution in [3.8, 4) is 11.8 Å². The van der Waals surface area contributed by atoms with Crippen LogP contribution in [-0.2, 0) is 16.4 Å². The number of hydrogen-bond donors (Lipinski definition) is 1. The van der Waals surface area contributed by atoms with Crippen molar-refractivity contribution in [1.29, 1.82) is 0 Å². The van der Waals surface area contributed by atoms with Gasteiger partial charge in [0.25, 0.3) is 0 Å².